The van der Waals surface area contributed by atoms with Crippen LogP contribution >= 0.6 is 22.7 Å². The first-order valence-corrected chi connectivity index (χ1v) is 7.31. The number of H-pyrrole nitrogens is 1. The van der Waals surface area contributed by atoms with E-state index in [0.717, 1.165) is 32.2 Å². The summed E-state index contributed by atoms with van der Waals surface area (Å²) < 4.78 is 0. The van der Waals surface area contributed by atoms with Crippen molar-refractivity contribution in [3.8, 4) is 21.1 Å². The standard InChI is InChI=1S/C12H7N5S2/c1-2-8-9(16-17-15-8)3-7(1)12-14-10(5-18-12)11-4-13-6-19-11/h1-6H,(H,15,16,17). The van der Waals surface area contributed by atoms with Gasteiger partial charge in [0.2, 0.25) is 0 Å². The summed E-state index contributed by atoms with van der Waals surface area (Å²) in [5.74, 6) is 0. The van der Waals surface area contributed by atoms with Crippen molar-refractivity contribution in [1.82, 2.24) is 25.4 Å². The molecule has 0 fully saturated rings. The van der Waals surface area contributed by atoms with Gasteiger partial charge in [-0.25, -0.2) is 4.98 Å². The molecule has 0 saturated heterocycles. The van der Waals surface area contributed by atoms with Gasteiger partial charge in [-0.05, 0) is 18.2 Å². The van der Waals surface area contributed by atoms with E-state index in [-0.39, 0.29) is 0 Å². The van der Waals surface area contributed by atoms with Crippen LogP contribution in [0.1, 0.15) is 0 Å². The molecule has 19 heavy (non-hydrogen) atoms. The molecule has 4 rings (SSSR count). The van der Waals surface area contributed by atoms with E-state index in [9.17, 15) is 0 Å². The molecule has 0 spiro atoms. The number of nitrogens with zero attached hydrogens (tertiary/aromatic N) is 4. The molecule has 4 aromatic rings. The third-order valence-electron chi connectivity index (χ3n) is 2.75. The van der Waals surface area contributed by atoms with Gasteiger partial charge in [0.25, 0.3) is 0 Å². The van der Waals surface area contributed by atoms with Gasteiger partial charge in [-0.15, -0.1) is 22.7 Å². The second kappa shape index (κ2) is 4.22. The summed E-state index contributed by atoms with van der Waals surface area (Å²) in [6.45, 7) is 0. The Bertz CT molecular complexity index is 831. The van der Waals surface area contributed by atoms with Crippen LogP contribution in [-0.4, -0.2) is 25.4 Å². The minimum absolute atomic E-state index is 0.854. The minimum atomic E-state index is 0.854. The molecular weight excluding hydrogens is 278 g/mol. The first kappa shape index (κ1) is 10.8. The summed E-state index contributed by atoms with van der Waals surface area (Å²) >= 11 is 3.22. The van der Waals surface area contributed by atoms with Gasteiger partial charge in [0.15, 0.2) is 0 Å². The summed E-state index contributed by atoms with van der Waals surface area (Å²) in [6, 6.07) is 5.95. The van der Waals surface area contributed by atoms with Crippen LogP contribution in [0.2, 0.25) is 0 Å². The molecule has 0 atom stereocenters. The highest BCUT2D eigenvalue weighted by Gasteiger charge is 2.09. The number of hydrogen-bond donors (Lipinski definition) is 1. The first-order valence-electron chi connectivity index (χ1n) is 5.55. The van der Waals surface area contributed by atoms with E-state index in [4.69, 9.17) is 0 Å². The van der Waals surface area contributed by atoms with Gasteiger partial charge in [-0.1, -0.05) is 0 Å². The average molecular weight is 285 g/mol. The lowest BCUT2D eigenvalue weighted by Crippen LogP contribution is -1.78. The monoisotopic (exact) mass is 285 g/mol. The van der Waals surface area contributed by atoms with Crippen LogP contribution in [0.4, 0.5) is 0 Å². The Hall–Kier alpha value is -2.12. The van der Waals surface area contributed by atoms with Crippen LogP contribution in [0.25, 0.3) is 32.2 Å². The van der Waals surface area contributed by atoms with Gasteiger partial charge in [-0.2, -0.15) is 15.4 Å². The third-order valence-corrected chi connectivity index (χ3v) is 4.44. The summed E-state index contributed by atoms with van der Waals surface area (Å²) in [6.07, 6.45) is 1.84. The lowest BCUT2D eigenvalue weighted by Gasteiger charge is -1.94. The second-order valence-electron chi connectivity index (χ2n) is 3.93. The van der Waals surface area contributed by atoms with Gasteiger partial charge in [-0.3, -0.25) is 4.98 Å². The van der Waals surface area contributed by atoms with Crippen molar-refractivity contribution in [1.29, 1.82) is 0 Å². The van der Waals surface area contributed by atoms with E-state index in [1.807, 2.05) is 29.9 Å². The van der Waals surface area contributed by atoms with Crippen LogP contribution in [0.3, 0.4) is 0 Å². The Labute approximate surface area is 116 Å². The number of thiazole rings is 2. The molecular formula is C12H7N5S2. The summed E-state index contributed by atoms with van der Waals surface area (Å²) in [7, 11) is 0. The quantitative estimate of drug-likeness (QED) is 0.614. The summed E-state index contributed by atoms with van der Waals surface area (Å²) in [5.41, 5.74) is 5.57. The first-order chi connectivity index (χ1) is 9.40. The van der Waals surface area contributed by atoms with Gasteiger partial charge >= 0.3 is 0 Å². The number of aromatic nitrogens is 5. The van der Waals surface area contributed by atoms with Crippen molar-refractivity contribution in [2.24, 2.45) is 0 Å². The maximum atomic E-state index is 4.64. The number of rotatable bonds is 2. The normalized spacial score (nSPS) is 11.2. The number of nitrogens with one attached hydrogen (secondary N) is 1. The van der Waals surface area contributed by atoms with Crippen LogP contribution < -0.4 is 0 Å². The molecule has 1 aromatic carbocycles. The zero-order valence-corrected chi connectivity index (χ0v) is 11.2. The number of fused-ring (bicyclic) bond motifs is 1. The zero-order chi connectivity index (χ0) is 12.7. The van der Waals surface area contributed by atoms with Gasteiger partial charge in [0.05, 0.1) is 16.1 Å². The van der Waals surface area contributed by atoms with Crippen molar-refractivity contribution in [2.75, 3.05) is 0 Å². The molecule has 1 N–H and O–H groups in total. The lowest BCUT2D eigenvalue weighted by atomic mass is 10.2. The van der Waals surface area contributed by atoms with E-state index in [1.54, 1.807) is 22.7 Å². The van der Waals surface area contributed by atoms with Gasteiger partial charge in [0, 0.05) is 17.1 Å². The van der Waals surface area contributed by atoms with Crippen molar-refractivity contribution < 1.29 is 0 Å². The van der Waals surface area contributed by atoms with Crippen molar-refractivity contribution in [2.45, 2.75) is 0 Å². The fourth-order valence-corrected chi connectivity index (χ4v) is 3.31. The van der Waals surface area contributed by atoms with Crippen LogP contribution in [0.15, 0.2) is 35.3 Å². The van der Waals surface area contributed by atoms with E-state index >= 15 is 0 Å². The average Bonchev–Trinajstić information content (AvgIpc) is 3.18. The molecule has 3 heterocycles. The minimum Gasteiger partial charge on any atom is -0.252 e. The Morgan fingerprint density at radius 1 is 1.05 bits per heavy atom. The highest BCUT2D eigenvalue weighted by molar-refractivity contribution is 7.15. The molecule has 0 saturated carbocycles. The van der Waals surface area contributed by atoms with Gasteiger partial charge < -0.3 is 0 Å². The Kier molecular flexibility index (Phi) is 2.39. The highest BCUT2D eigenvalue weighted by Crippen LogP contribution is 2.31. The summed E-state index contributed by atoms with van der Waals surface area (Å²) in [4.78, 5) is 9.81. The van der Waals surface area contributed by atoms with Crippen LogP contribution in [0, 0.1) is 0 Å². The fourth-order valence-electron chi connectivity index (χ4n) is 1.84. The number of benzene rings is 1. The topological polar surface area (TPSA) is 67.3 Å². The Morgan fingerprint density at radius 2 is 2.00 bits per heavy atom. The molecule has 0 aliphatic heterocycles. The lowest BCUT2D eigenvalue weighted by molar-refractivity contribution is 0.959. The maximum Gasteiger partial charge on any atom is 0.124 e. The van der Waals surface area contributed by atoms with E-state index in [1.165, 1.54) is 0 Å². The molecule has 0 amide bonds. The second-order valence-corrected chi connectivity index (χ2v) is 5.68. The molecule has 0 radical (unpaired) electrons. The molecule has 92 valence electrons. The largest absolute Gasteiger partial charge is 0.252 e. The van der Waals surface area contributed by atoms with E-state index < -0.39 is 0 Å². The zero-order valence-electron chi connectivity index (χ0n) is 9.57. The van der Waals surface area contributed by atoms with Crippen molar-refractivity contribution in [3.63, 3.8) is 0 Å². The Morgan fingerprint density at radius 3 is 2.89 bits per heavy atom. The maximum absolute atomic E-state index is 4.64. The van der Waals surface area contributed by atoms with Gasteiger partial charge in [0.1, 0.15) is 16.0 Å². The SMILES string of the molecule is c1ncc(-c2csc(-c3ccc4n[nH]nc4c3)n2)s1. The van der Waals surface area contributed by atoms with Crippen molar-refractivity contribution in [3.05, 3.63) is 35.3 Å². The Balaban J connectivity index is 1.79. The predicted octanol–water partition coefficient (Wildman–Crippen LogP) is 3.20. The molecule has 3 aromatic heterocycles. The van der Waals surface area contributed by atoms with Crippen molar-refractivity contribution >= 4 is 33.7 Å². The number of aromatic amines is 1. The smallest absolute Gasteiger partial charge is 0.124 e. The van der Waals surface area contributed by atoms with Crippen LogP contribution in [0.5, 0.6) is 0 Å². The molecule has 7 heteroatoms. The van der Waals surface area contributed by atoms with Crippen LogP contribution in [-0.2, 0) is 0 Å². The third kappa shape index (κ3) is 1.83. The molecule has 0 unspecified atom stereocenters. The molecule has 5 nitrogen and oxygen atoms in total. The highest BCUT2D eigenvalue weighted by atomic mass is 32.1. The molecule has 0 aliphatic rings. The number of hydrogen-bond acceptors (Lipinski definition) is 6. The van der Waals surface area contributed by atoms with E-state index in [2.05, 4.69) is 30.8 Å². The fraction of sp³-hybridized carbons (Fsp3) is 0. The molecule has 0 aliphatic carbocycles. The van der Waals surface area contributed by atoms with E-state index in [0.29, 0.717) is 0 Å². The summed E-state index contributed by atoms with van der Waals surface area (Å²) in [5, 5.41) is 13.8. The molecule has 0 bridgehead atoms. The predicted molar refractivity (Wildman–Crippen MR) is 76.1 cm³/mol.